The zero-order valence-electron chi connectivity index (χ0n) is 15.2. The van der Waals surface area contributed by atoms with Crippen LogP contribution in [-0.4, -0.2) is 28.5 Å². The third-order valence-electron chi connectivity index (χ3n) is 4.52. The maximum absolute atomic E-state index is 14.5. The molecule has 142 valence electrons. The van der Waals surface area contributed by atoms with E-state index in [0.717, 1.165) is 5.69 Å². The van der Waals surface area contributed by atoms with Gasteiger partial charge in [-0.2, -0.15) is 0 Å². The number of imidazole rings is 1. The number of aromatic nitrogens is 2. The number of amides is 1. The molecule has 0 bridgehead atoms. The molecule has 0 saturated carbocycles. The number of ether oxygens (including phenoxy) is 1. The molecule has 0 unspecified atom stereocenters. The summed E-state index contributed by atoms with van der Waals surface area (Å²) in [7, 11) is 1.28. The van der Waals surface area contributed by atoms with Crippen LogP contribution in [0, 0.1) is 12.7 Å². The van der Waals surface area contributed by atoms with Crippen LogP contribution in [-0.2, 0) is 11.3 Å². The molecular weight excluding hydrogens is 383 g/mol. The second-order valence-corrected chi connectivity index (χ2v) is 6.65. The Balaban J connectivity index is 1.96. The highest BCUT2D eigenvalue weighted by atomic mass is 35.5. The Morgan fingerprint density at radius 1 is 1.25 bits per heavy atom. The van der Waals surface area contributed by atoms with Crippen molar-refractivity contribution in [2.45, 2.75) is 13.5 Å². The molecule has 0 radical (unpaired) electrons. The van der Waals surface area contributed by atoms with Crippen molar-refractivity contribution in [3.63, 3.8) is 0 Å². The van der Waals surface area contributed by atoms with Crippen molar-refractivity contribution in [2.75, 3.05) is 12.4 Å². The highest BCUT2D eigenvalue weighted by Gasteiger charge is 2.25. The molecule has 0 atom stereocenters. The molecule has 1 aromatic heterocycles. The predicted molar refractivity (Wildman–Crippen MR) is 105 cm³/mol. The van der Waals surface area contributed by atoms with Crippen LogP contribution >= 0.6 is 11.6 Å². The number of anilines is 1. The standard InChI is InChI=1S/C20H16ClFN4O2/c1-11-24-19(25-20(27)28-2)17-10-23-18(13-5-3-4-6-15(13)22)14-9-12(21)7-8-16(14)26(11)17/h3-9H,10H2,1-2H3,(H,25,27). The van der Waals surface area contributed by atoms with Gasteiger partial charge in [0.25, 0.3) is 0 Å². The predicted octanol–water partition coefficient (Wildman–Crippen LogP) is 4.50. The van der Waals surface area contributed by atoms with Crippen molar-refractivity contribution in [3.8, 4) is 5.69 Å². The third kappa shape index (κ3) is 3.03. The number of aliphatic imine (C=N–C) groups is 1. The number of nitrogens with one attached hydrogen (secondary N) is 1. The van der Waals surface area contributed by atoms with Gasteiger partial charge in [0, 0.05) is 16.1 Å². The summed E-state index contributed by atoms with van der Waals surface area (Å²) in [5, 5.41) is 3.13. The van der Waals surface area contributed by atoms with Crippen molar-refractivity contribution < 1.29 is 13.9 Å². The zero-order valence-corrected chi connectivity index (χ0v) is 15.9. The number of aryl methyl sites for hydroxylation is 1. The zero-order chi connectivity index (χ0) is 19.8. The maximum Gasteiger partial charge on any atom is 0.412 e. The summed E-state index contributed by atoms with van der Waals surface area (Å²) in [4.78, 5) is 20.8. The Morgan fingerprint density at radius 2 is 2.04 bits per heavy atom. The molecule has 3 aromatic rings. The van der Waals surface area contributed by atoms with Crippen LogP contribution in [0.3, 0.4) is 0 Å². The van der Waals surface area contributed by atoms with Gasteiger partial charge in [0.05, 0.1) is 30.7 Å². The van der Waals surface area contributed by atoms with Crippen LogP contribution in [0.5, 0.6) is 0 Å². The van der Waals surface area contributed by atoms with Gasteiger partial charge in [0.15, 0.2) is 5.82 Å². The summed E-state index contributed by atoms with van der Waals surface area (Å²) < 4.78 is 21.1. The summed E-state index contributed by atoms with van der Waals surface area (Å²) in [6.45, 7) is 2.01. The molecule has 2 aromatic carbocycles. The molecule has 0 spiro atoms. The number of carbonyl (C=O) groups is 1. The topological polar surface area (TPSA) is 68.5 Å². The van der Waals surface area contributed by atoms with E-state index in [1.165, 1.54) is 13.2 Å². The van der Waals surface area contributed by atoms with Crippen LogP contribution in [0.15, 0.2) is 47.5 Å². The van der Waals surface area contributed by atoms with Crippen molar-refractivity contribution >= 4 is 29.2 Å². The molecule has 6 nitrogen and oxygen atoms in total. The number of rotatable bonds is 2. The first kappa shape index (κ1) is 18.2. The van der Waals surface area contributed by atoms with Gasteiger partial charge in [-0.25, -0.2) is 14.2 Å². The van der Waals surface area contributed by atoms with E-state index in [1.807, 2.05) is 17.6 Å². The monoisotopic (exact) mass is 398 g/mol. The van der Waals surface area contributed by atoms with Crippen LogP contribution in [0.2, 0.25) is 5.02 Å². The summed E-state index contributed by atoms with van der Waals surface area (Å²) in [5.41, 5.74) is 2.97. The molecule has 1 aliphatic heterocycles. The largest absolute Gasteiger partial charge is 0.453 e. The number of halogens is 2. The number of fused-ring (bicyclic) bond motifs is 3. The fourth-order valence-electron chi connectivity index (χ4n) is 3.31. The summed E-state index contributed by atoms with van der Waals surface area (Å²) >= 11 is 6.24. The number of carbonyl (C=O) groups excluding carboxylic acids is 1. The van der Waals surface area contributed by atoms with Crippen LogP contribution < -0.4 is 5.32 Å². The average Bonchev–Trinajstić information content (AvgIpc) is 2.88. The van der Waals surface area contributed by atoms with Gasteiger partial charge in [-0.05, 0) is 37.3 Å². The number of hydrogen-bond donors (Lipinski definition) is 1. The molecule has 0 fully saturated rings. The van der Waals surface area contributed by atoms with E-state index in [9.17, 15) is 9.18 Å². The van der Waals surface area contributed by atoms with Gasteiger partial charge in [-0.3, -0.25) is 14.9 Å². The maximum atomic E-state index is 14.5. The molecule has 0 saturated heterocycles. The highest BCUT2D eigenvalue weighted by Crippen LogP contribution is 2.32. The third-order valence-corrected chi connectivity index (χ3v) is 4.75. The quantitative estimate of drug-likeness (QED) is 0.690. The van der Waals surface area contributed by atoms with E-state index in [0.29, 0.717) is 39.2 Å². The number of methoxy groups -OCH3 is 1. The normalized spacial score (nSPS) is 12.5. The minimum atomic E-state index is -0.625. The van der Waals surface area contributed by atoms with Gasteiger partial charge in [-0.15, -0.1) is 0 Å². The van der Waals surface area contributed by atoms with Gasteiger partial charge in [-0.1, -0.05) is 23.7 Å². The summed E-state index contributed by atoms with van der Waals surface area (Å²) in [5.74, 6) is 0.625. The lowest BCUT2D eigenvalue weighted by molar-refractivity contribution is 0.187. The molecule has 4 rings (SSSR count). The Morgan fingerprint density at radius 3 is 2.79 bits per heavy atom. The second kappa shape index (κ2) is 7.09. The minimum Gasteiger partial charge on any atom is -0.453 e. The molecule has 28 heavy (non-hydrogen) atoms. The van der Waals surface area contributed by atoms with Crippen LogP contribution in [0.4, 0.5) is 15.0 Å². The van der Waals surface area contributed by atoms with Gasteiger partial charge >= 0.3 is 6.09 Å². The first-order chi connectivity index (χ1) is 13.5. The molecule has 2 heterocycles. The Labute approximate surface area is 165 Å². The smallest absolute Gasteiger partial charge is 0.412 e. The number of nitrogens with zero attached hydrogens (tertiary/aromatic N) is 3. The van der Waals surface area contributed by atoms with Crippen molar-refractivity contribution in [1.82, 2.24) is 9.55 Å². The van der Waals surface area contributed by atoms with Crippen molar-refractivity contribution in [3.05, 3.63) is 75.9 Å². The van der Waals surface area contributed by atoms with Crippen LogP contribution in [0.1, 0.15) is 22.6 Å². The van der Waals surface area contributed by atoms with E-state index in [1.54, 1.807) is 30.3 Å². The number of hydrogen-bond acceptors (Lipinski definition) is 4. The minimum absolute atomic E-state index is 0.191. The first-order valence-electron chi connectivity index (χ1n) is 8.52. The SMILES string of the molecule is COC(=O)Nc1nc(C)n2c1CN=C(c1ccccc1F)c1cc(Cl)ccc1-2. The van der Waals surface area contributed by atoms with Gasteiger partial charge in [0.1, 0.15) is 11.6 Å². The molecule has 1 aliphatic rings. The lowest BCUT2D eigenvalue weighted by Gasteiger charge is -2.14. The lowest BCUT2D eigenvalue weighted by Crippen LogP contribution is -2.13. The highest BCUT2D eigenvalue weighted by molar-refractivity contribution is 6.31. The lowest BCUT2D eigenvalue weighted by atomic mass is 10.00. The average molecular weight is 399 g/mol. The Kier molecular flexibility index (Phi) is 4.60. The molecular formula is C20H16ClFN4O2. The molecule has 8 heteroatoms. The van der Waals surface area contributed by atoms with Crippen molar-refractivity contribution in [1.29, 1.82) is 0 Å². The molecule has 1 amide bonds. The van der Waals surface area contributed by atoms with Crippen LogP contribution in [0.25, 0.3) is 5.69 Å². The summed E-state index contributed by atoms with van der Waals surface area (Å²) in [6, 6.07) is 11.8. The summed E-state index contributed by atoms with van der Waals surface area (Å²) in [6.07, 6.45) is -0.625. The number of benzene rings is 2. The van der Waals surface area contributed by atoms with Gasteiger partial charge < -0.3 is 4.74 Å². The second-order valence-electron chi connectivity index (χ2n) is 6.21. The fourth-order valence-corrected chi connectivity index (χ4v) is 3.48. The Hall–Kier alpha value is -3.19. The van der Waals surface area contributed by atoms with E-state index < -0.39 is 6.09 Å². The molecule has 0 aliphatic carbocycles. The molecule has 1 N–H and O–H groups in total. The van der Waals surface area contributed by atoms with Crippen molar-refractivity contribution in [2.24, 2.45) is 4.99 Å². The van der Waals surface area contributed by atoms with E-state index in [-0.39, 0.29) is 12.4 Å². The Bertz CT molecular complexity index is 1120. The van der Waals surface area contributed by atoms with E-state index in [4.69, 9.17) is 11.6 Å². The van der Waals surface area contributed by atoms with E-state index in [2.05, 4.69) is 20.0 Å². The fraction of sp³-hybridized carbons (Fsp3) is 0.150. The first-order valence-corrected chi connectivity index (χ1v) is 8.90. The van der Waals surface area contributed by atoms with Gasteiger partial charge in [0.2, 0.25) is 0 Å². The van der Waals surface area contributed by atoms with E-state index >= 15 is 0 Å².